The minimum absolute atomic E-state index is 0.0270. The molecule has 27 heavy (non-hydrogen) atoms. The molecule has 148 valence electrons. The quantitative estimate of drug-likeness (QED) is 0.824. The van der Waals surface area contributed by atoms with Crippen LogP contribution in [-0.4, -0.2) is 57.2 Å². The monoisotopic (exact) mass is 375 g/mol. The molecule has 0 aliphatic carbocycles. The molecule has 1 aromatic carbocycles. The first-order valence-electron chi connectivity index (χ1n) is 9.55. The molecule has 7 heteroatoms. The first-order valence-corrected chi connectivity index (χ1v) is 9.55. The molecule has 2 fully saturated rings. The number of nitrogens with one attached hydrogen (secondary N) is 2. The van der Waals surface area contributed by atoms with Crippen molar-refractivity contribution in [3.63, 3.8) is 0 Å². The Balaban J connectivity index is 1.51. The molecule has 7 nitrogen and oxygen atoms in total. The predicted molar refractivity (Wildman–Crippen MR) is 102 cm³/mol. The van der Waals surface area contributed by atoms with Crippen molar-refractivity contribution in [2.45, 2.75) is 32.1 Å². The Kier molecular flexibility index (Phi) is 6.08. The van der Waals surface area contributed by atoms with Gasteiger partial charge in [0, 0.05) is 44.1 Å². The van der Waals surface area contributed by atoms with Gasteiger partial charge in [0.25, 0.3) is 0 Å². The summed E-state index contributed by atoms with van der Waals surface area (Å²) in [6.07, 6.45) is 4.19. The van der Waals surface area contributed by atoms with Crippen molar-refractivity contribution in [1.29, 1.82) is 0 Å². The van der Waals surface area contributed by atoms with Crippen LogP contribution < -0.4 is 20.1 Å². The third-order valence-corrected chi connectivity index (χ3v) is 5.59. The van der Waals surface area contributed by atoms with Crippen LogP contribution in [0.25, 0.3) is 0 Å². The van der Waals surface area contributed by atoms with Crippen LogP contribution in [0.5, 0.6) is 11.5 Å². The number of piperidine rings is 2. The Bertz CT molecular complexity index is 660. The summed E-state index contributed by atoms with van der Waals surface area (Å²) < 4.78 is 10.6. The molecular formula is C20H29N3O4. The molecule has 1 spiro atoms. The Morgan fingerprint density at radius 3 is 2.59 bits per heavy atom. The summed E-state index contributed by atoms with van der Waals surface area (Å²) in [6.45, 7) is 2.72. The number of rotatable bonds is 5. The maximum atomic E-state index is 12.6. The fraction of sp³-hybridized carbons (Fsp3) is 0.600. The van der Waals surface area contributed by atoms with Crippen molar-refractivity contribution in [2.75, 3.05) is 40.4 Å². The number of methoxy groups -OCH3 is 2. The second-order valence-electron chi connectivity index (χ2n) is 7.50. The Morgan fingerprint density at radius 1 is 1.22 bits per heavy atom. The van der Waals surface area contributed by atoms with Crippen molar-refractivity contribution in [3.05, 3.63) is 23.8 Å². The molecular weight excluding hydrogens is 346 g/mol. The average molecular weight is 375 g/mol. The van der Waals surface area contributed by atoms with Gasteiger partial charge < -0.3 is 25.0 Å². The topological polar surface area (TPSA) is 79.9 Å². The summed E-state index contributed by atoms with van der Waals surface area (Å²) in [6, 6.07) is 5.71. The second-order valence-corrected chi connectivity index (χ2v) is 7.50. The van der Waals surface area contributed by atoms with Gasteiger partial charge in [-0.2, -0.15) is 0 Å². The van der Waals surface area contributed by atoms with Crippen molar-refractivity contribution >= 4 is 11.9 Å². The van der Waals surface area contributed by atoms with Crippen LogP contribution in [0.2, 0.25) is 0 Å². The average Bonchev–Trinajstić information content (AvgIpc) is 2.70. The molecule has 0 radical (unpaired) electrons. The number of likely N-dealkylation sites (tertiary alicyclic amines) is 1. The van der Waals surface area contributed by atoms with Gasteiger partial charge in [0.15, 0.2) is 0 Å². The molecule has 0 saturated carbocycles. The van der Waals surface area contributed by atoms with E-state index in [4.69, 9.17) is 9.47 Å². The number of benzene rings is 1. The van der Waals surface area contributed by atoms with Crippen LogP contribution in [0.1, 0.15) is 31.2 Å². The maximum Gasteiger partial charge on any atom is 0.317 e. The second kappa shape index (κ2) is 8.50. The van der Waals surface area contributed by atoms with Crippen LogP contribution in [0.4, 0.5) is 4.79 Å². The first kappa shape index (κ1) is 19.3. The largest absolute Gasteiger partial charge is 0.497 e. The minimum Gasteiger partial charge on any atom is -0.497 e. The maximum absolute atomic E-state index is 12.6. The van der Waals surface area contributed by atoms with Gasteiger partial charge in [-0.1, -0.05) is 0 Å². The molecule has 0 bridgehead atoms. The lowest BCUT2D eigenvalue weighted by Crippen LogP contribution is -2.55. The summed E-state index contributed by atoms with van der Waals surface area (Å²) in [5.41, 5.74) is 1.10. The lowest BCUT2D eigenvalue weighted by atomic mass is 9.74. The van der Waals surface area contributed by atoms with E-state index >= 15 is 0 Å². The molecule has 3 amide bonds. The number of nitrogens with zero attached hydrogens (tertiary/aromatic N) is 1. The Hall–Kier alpha value is -2.44. The van der Waals surface area contributed by atoms with Gasteiger partial charge in [-0.15, -0.1) is 0 Å². The van der Waals surface area contributed by atoms with E-state index in [0.29, 0.717) is 32.5 Å². The van der Waals surface area contributed by atoms with Gasteiger partial charge in [-0.25, -0.2) is 4.79 Å². The fourth-order valence-electron chi connectivity index (χ4n) is 4.01. The number of amides is 3. The highest BCUT2D eigenvalue weighted by Crippen LogP contribution is 2.36. The molecule has 2 saturated heterocycles. The summed E-state index contributed by atoms with van der Waals surface area (Å²) in [7, 11) is 3.25. The molecule has 2 aliphatic heterocycles. The number of carbonyl (C=O) groups is 2. The van der Waals surface area contributed by atoms with E-state index in [1.54, 1.807) is 14.2 Å². The van der Waals surface area contributed by atoms with E-state index in [2.05, 4.69) is 10.6 Å². The van der Waals surface area contributed by atoms with Crippen molar-refractivity contribution in [1.82, 2.24) is 15.5 Å². The van der Waals surface area contributed by atoms with Crippen molar-refractivity contribution < 1.29 is 19.1 Å². The third-order valence-electron chi connectivity index (χ3n) is 5.59. The van der Waals surface area contributed by atoms with Gasteiger partial charge in [0.05, 0.1) is 14.2 Å². The Labute approximate surface area is 160 Å². The smallest absolute Gasteiger partial charge is 0.317 e. The highest BCUT2D eigenvalue weighted by atomic mass is 16.5. The number of carbonyl (C=O) groups excluding carboxylic acids is 2. The van der Waals surface area contributed by atoms with Crippen LogP contribution >= 0.6 is 0 Å². The van der Waals surface area contributed by atoms with E-state index in [1.807, 2.05) is 23.1 Å². The lowest BCUT2D eigenvalue weighted by molar-refractivity contribution is -0.125. The number of hydrogen-bond donors (Lipinski definition) is 2. The lowest BCUT2D eigenvalue weighted by Gasteiger charge is -2.44. The predicted octanol–water partition coefficient (Wildman–Crippen LogP) is 1.95. The van der Waals surface area contributed by atoms with Gasteiger partial charge >= 0.3 is 6.03 Å². The number of urea groups is 1. The number of ether oxygens (including phenoxy) is 2. The molecule has 0 unspecified atom stereocenters. The highest BCUT2D eigenvalue weighted by Gasteiger charge is 2.39. The van der Waals surface area contributed by atoms with Crippen LogP contribution in [0, 0.1) is 5.41 Å². The summed E-state index contributed by atoms with van der Waals surface area (Å²) in [5.74, 6) is 1.61. The number of hydrogen-bond acceptors (Lipinski definition) is 4. The van der Waals surface area contributed by atoms with E-state index < -0.39 is 0 Å². The van der Waals surface area contributed by atoms with Gasteiger partial charge in [0.1, 0.15) is 11.5 Å². The zero-order chi connectivity index (χ0) is 19.3. The molecule has 1 atom stereocenters. The van der Waals surface area contributed by atoms with Crippen LogP contribution in [-0.2, 0) is 11.2 Å². The molecule has 2 heterocycles. The third kappa shape index (κ3) is 4.84. The van der Waals surface area contributed by atoms with Crippen molar-refractivity contribution in [2.24, 2.45) is 5.41 Å². The van der Waals surface area contributed by atoms with Gasteiger partial charge in [-0.05, 0) is 43.4 Å². The van der Waals surface area contributed by atoms with Gasteiger partial charge in [0.2, 0.25) is 5.91 Å². The standard InChI is InChI=1S/C20H29N3O4/c1-26-16-10-15(11-17(12-16)27-2)5-8-21-19(25)23-9-3-6-20(14-23)7-4-18(24)22-13-20/h10-12H,3-9,13-14H2,1-2H3,(H,21,25)(H,22,24)/t20-/m1/s1. The van der Waals surface area contributed by atoms with Crippen molar-refractivity contribution in [3.8, 4) is 11.5 Å². The summed E-state index contributed by atoms with van der Waals surface area (Å²) in [4.78, 5) is 25.9. The minimum atomic E-state index is -0.0270. The molecule has 2 N–H and O–H groups in total. The van der Waals surface area contributed by atoms with E-state index in [1.165, 1.54) is 0 Å². The summed E-state index contributed by atoms with van der Waals surface area (Å²) in [5, 5.41) is 5.99. The zero-order valence-corrected chi connectivity index (χ0v) is 16.2. The SMILES string of the molecule is COc1cc(CCNC(=O)N2CCC[C@]3(CCC(=O)NC3)C2)cc(OC)c1. The molecule has 0 aromatic heterocycles. The highest BCUT2D eigenvalue weighted by molar-refractivity contribution is 5.77. The van der Waals surface area contributed by atoms with Gasteiger partial charge in [-0.3, -0.25) is 4.79 Å². The summed E-state index contributed by atoms with van der Waals surface area (Å²) >= 11 is 0. The van der Waals surface area contributed by atoms with E-state index in [-0.39, 0.29) is 17.4 Å². The van der Waals surface area contributed by atoms with Crippen LogP contribution in [0.15, 0.2) is 18.2 Å². The van der Waals surface area contributed by atoms with E-state index in [0.717, 1.165) is 42.9 Å². The first-order chi connectivity index (χ1) is 13.0. The molecule has 2 aliphatic rings. The fourth-order valence-corrected chi connectivity index (χ4v) is 4.01. The van der Waals surface area contributed by atoms with Crippen LogP contribution in [0.3, 0.4) is 0 Å². The van der Waals surface area contributed by atoms with E-state index in [9.17, 15) is 9.59 Å². The Morgan fingerprint density at radius 2 is 1.96 bits per heavy atom. The molecule has 1 aromatic rings. The normalized spacial score (nSPS) is 22.3. The zero-order valence-electron chi connectivity index (χ0n) is 16.2. The molecule has 3 rings (SSSR count).